The Balaban J connectivity index is 2.47. The quantitative estimate of drug-likeness (QED) is 0.736. The zero-order valence-corrected chi connectivity index (χ0v) is 8.52. The number of nitrogen functional groups attached to an aromatic ring is 1. The Hall–Kier alpha value is -0.770. The van der Waals surface area contributed by atoms with Crippen molar-refractivity contribution in [2.24, 2.45) is 0 Å². The lowest BCUT2D eigenvalue weighted by molar-refractivity contribution is 0.883. The average molecular weight is 195 g/mol. The smallest absolute Gasteiger partial charge is 0.130 e. The van der Waals surface area contributed by atoms with Crippen LogP contribution in [0.5, 0.6) is 0 Å². The molecule has 13 heavy (non-hydrogen) atoms. The molecule has 0 unspecified atom stereocenters. The summed E-state index contributed by atoms with van der Waals surface area (Å²) in [5.74, 6) is 3.71. The molecule has 0 bridgehead atoms. The molecule has 70 valence electrons. The maximum Gasteiger partial charge on any atom is 0.130 e. The molecule has 0 saturated carbocycles. The molecule has 2 heterocycles. The minimum absolute atomic E-state index is 0.696. The predicted molar refractivity (Wildman–Crippen MR) is 55.7 cm³/mol. The van der Waals surface area contributed by atoms with Crippen LogP contribution < -0.4 is 5.73 Å². The molecule has 4 heteroatoms. The van der Waals surface area contributed by atoms with E-state index in [2.05, 4.69) is 16.9 Å². The first kappa shape index (κ1) is 8.81. The van der Waals surface area contributed by atoms with Crippen molar-refractivity contribution in [3.8, 4) is 0 Å². The van der Waals surface area contributed by atoms with Crippen molar-refractivity contribution in [3.63, 3.8) is 0 Å². The van der Waals surface area contributed by atoms with E-state index in [1.165, 1.54) is 5.56 Å². The SMILES string of the molecule is CCc1nc(N)c2c(n1)CSCC2. The number of nitrogens with two attached hydrogens (primary N) is 1. The molecule has 1 aliphatic heterocycles. The molecule has 0 aliphatic carbocycles. The number of rotatable bonds is 1. The summed E-state index contributed by atoms with van der Waals surface area (Å²) >= 11 is 1.92. The maximum absolute atomic E-state index is 5.86. The number of hydrogen-bond acceptors (Lipinski definition) is 4. The number of hydrogen-bond donors (Lipinski definition) is 1. The van der Waals surface area contributed by atoms with Crippen molar-refractivity contribution in [2.75, 3.05) is 11.5 Å². The normalized spacial score (nSPS) is 15.5. The van der Waals surface area contributed by atoms with Crippen molar-refractivity contribution in [2.45, 2.75) is 25.5 Å². The van der Waals surface area contributed by atoms with Gasteiger partial charge in [0.05, 0.1) is 5.69 Å². The number of fused-ring (bicyclic) bond motifs is 1. The van der Waals surface area contributed by atoms with E-state index in [9.17, 15) is 0 Å². The Morgan fingerprint density at radius 2 is 2.31 bits per heavy atom. The average Bonchev–Trinajstić information content (AvgIpc) is 2.18. The van der Waals surface area contributed by atoms with Gasteiger partial charge in [0.25, 0.3) is 0 Å². The minimum atomic E-state index is 0.696. The van der Waals surface area contributed by atoms with Gasteiger partial charge in [0.15, 0.2) is 0 Å². The molecule has 1 aliphatic rings. The molecule has 0 fully saturated rings. The van der Waals surface area contributed by atoms with Gasteiger partial charge in [-0.2, -0.15) is 11.8 Å². The van der Waals surface area contributed by atoms with E-state index < -0.39 is 0 Å². The standard InChI is InChI=1S/C9H13N3S/c1-2-8-11-7-5-13-4-3-6(7)9(10)12-8/h2-5H2,1H3,(H2,10,11,12). The van der Waals surface area contributed by atoms with Crippen LogP contribution in [0.3, 0.4) is 0 Å². The zero-order chi connectivity index (χ0) is 9.26. The molecular formula is C9H13N3S. The van der Waals surface area contributed by atoms with Gasteiger partial charge in [-0.15, -0.1) is 0 Å². The topological polar surface area (TPSA) is 51.8 Å². The van der Waals surface area contributed by atoms with Gasteiger partial charge in [0.1, 0.15) is 11.6 Å². The Morgan fingerprint density at radius 3 is 3.08 bits per heavy atom. The lowest BCUT2D eigenvalue weighted by atomic mass is 10.1. The second-order valence-electron chi connectivity index (χ2n) is 3.11. The summed E-state index contributed by atoms with van der Waals surface area (Å²) in [7, 11) is 0. The van der Waals surface area contributed by atoms with Gasteiger partial charge in [0.2, 0.25) is 0 Å². The molecular weight excluding hydrogens is 182 g/mol. The second-order valence-corrected chi connectivity index (χ2v) is 4.21. The van der Waals surface area contributed by atoms with Gasteiger partial charge in [-0.1, -0.05) is 6.92 Å². The molecule has 0 atom stereocenters. The largest absolute Gasteiger partial charge is 0.383 e. The Bertz CT molecular complexity index is 325. The molecule has 0 radical (unpaired) electrons. The van der Waals surface area contributed by atoms with Gasteiger partial charge in [-0.25, -0.2) is 9.97 Å². The van der Waals surface area contributed by atoms with Gasteiger partial charge >= 0.3 is 0 Å². The molecule has 2 N–H and O–H groups in total. The molecule has 3 nitrogen and oxygen atoms in total. The third-order valence-corrected chi connectivity index (χ3v) is 3.19. The summed E-state index contributed by atoms with van der Waals surface area (Å²) in [6.45, 7) is 2.05. The van der Waals surface area contributed by atoms with Crippen LogP contribution in [0.4, 0.5) is 5.82 Å². The van der Waals surface area contributed by atoms with E-state index in [0.717, 1.165) is 35.9 Å². The Labute approximate surface area is 82.2 Å². The van der Waals surface area contributed by atoms with Crippen LogP contribution in [-0.4, -0.2) is 15.7 Å². The lowest BCUT2D eigenvalue weighted by Crippen LogP contribution is -2.12. The van der Waals surface area contributed by atoms with E-state index in [1.54, 1.807) is 0 Å². The summed E-state index contributed by atoms with van der Waals surface area (Å²) in [6.07, 6.45) is 1.89. The second kappa shape index (κ2) is 3.54. The Morgan fingerprint density at radius 1 is 1.46 bits per heavy atom. The predicted octanol–water partition coefficient (Wildman–Crippen LogP) is 1.41. The van der Waals surface area contributed by atoms with E-state index in [4.69, 9.17) is 5.73 Å². The van der Waals surface area contributed by atoms with Crippen molar-refractivity contribution >= 4 is 17.6 Å². The van der Waals surface area contributed by atoms with Crippen LogP contribution in [0.1, 0.15) is 24.0 Å². The first-order chi connectivity index (χ1) is 6.31. The van der Waals surface area contributed by atoms with Gasteiger partial charge in [-0.3, -0.25) is 0 Å². The third kappa shape index (κ3) is 1.63. The van der Waals surface area contributed by atoms with Crippen LogP contribution in [0, 0.1) is 0 Å². The van der Waals surface area contributed by atoms with Crippen molar-refractivity contribution in [1.29, 1.82) is 0 Å². The molecule has 0 aromatic carbocycles. The number of anilines is 1. The maximum atomic E-state index is 5.86. The van der Waals surface area contributed by atoms with Crippen LogP contribution in [0.15, 0.2) is 0 Å². The van der Waals surface area contributed by atoms with Crippen LogP contribution in [-0.2, 0) is 18.6 Å². The first-order valence-corrected chi connectivity index (χ1v) is 5.68. The van der Waals surface area contributed by atoms with Crippen molar-refractivity contribution < 1.29 is 0 Å². The summed E-state index contributed by atoms with van der Waals surface area (Å²) in [5.41, 5.74) is 8.19. The minimum Gasteiger partial charge on any atom is -0.383 e. The van der Waals surface area contributed by atoms with E-state index >= 15 is 0 Å². The number of thioether (sulfide) groups is 1. The summed E-state index contributed by atoms with van der Waals surface area (Å²) < 4.78 is 0. The monoisotopic (exact) mass is 195 g/mol. The fraction of sp³-hybridized carbons (Fsp3) is 0.556. The summed E-state index contributed by atoms with van der Waals surface area (Å²) in [6, 6.07) is 0. The molecule has 2 rings (SSSR count). The van der Waals surface area contributed by atoms with E-state index in [1.807, 2.05) is 11.8 Å². The van der Waals surface area contributed by atoms with Crippen LogP contribution >= 0.6 is 11.8 Å². The van der Waals surface area contributed by atoms with Gasteiger partial charge in [-0.05, 0) is 12.2 Å². The lowest BCUT2D eigenvalue weighted by Gasteiger charge is -2.16. The molecule has 0 saturated heterocycles. The molecule has 0 spiro atoms. The third-order valence-electron chi connectivity index (χ3n) is 2.22. The Kier molecular flexibility index (Phi) is 2.40. The van der Waals surface area contributed by atoms with E-state index in [0.29, 0.717) is 5.82 Å². The summed E-state index contributed by atoms with van der Waals surface area (Å²) in [5, 5.41) is 0. The van der Waals surface area contributed by atoms with E-state index in [-0.39, 0.29) is 0 Å². The van der Waals surface area contributed by atoms with Crippen LogP contribution in [0.25, 0.3) is 0 Å². The van der Waals surface area contributed by atoms with Gasteiger partial charge in [0, 0.05) is 17.7 Å². The first-order valence-electron chi connectivity index (χ1n) is 4.53. The van der Waals surface area contributed by atoms with Crippen LogP contribution in [0.2, 0.25) is 0 Å². The molecule has 0 amide bonds. The number of aryl methyl sites for hydroxylation is 1. The fourth-order valence-electron chi connectivity index (χ4n) is 1.50. The summed E-state index contributed by atoms with van der Waals surface area (Å²) in [4.78, 5) is 8.74. The fourth-order valence-corrected chi connectivity index (χ4v) is 2.42. The highest BCUT2D eigenvalue weighted by Gasteiger charge is 2.15. The number of nitrogens with zero attached hydrogens (tertiary/aromatic N) is 2. The van der Waals surface area contributed by atoms with Crippen molar-refractivity contribution in [3.05, 3.63) is 17.1 Å². The highest BCUT2D eigenvalue weighted by molar-refractivity contribution is 7.98. The van der Waals surface area contributed by atoms with Crippen molar-refractivity contribution in [1.82, 2.24) is 9.97 Å². The number of aromatic nitrogens is 2. The van der Waals surface area contributed by atoms with Gasteiger partial charge < -0.3 is 5.73 Å². The zero-order valence-electron chi connectivity index (χ0n) is 7.71. The molecule has 1 aromatic heterocycles. The highest BCUT2D eigenvalue weighted by atomic mass is 32.2. The highest BCUT2D eigenvalue weighted by Crippen LogP contribution is 2.26. The molecule has 1 aromatic rings.